The molecule has 8 nitrogen and oxygen atoms in total. The Hall–Kier alpha value is -3.59. The highest BCUT2D eigenvalue weighted by atomic mass is 19.1. The van der Waals surface area contributed by atoms with Crippen molar-refractivity contribution in [3.05, 3.63) is 64.5 Å². The van der Waals surface area contributed by atoms with Crippen LogP contribution in [0.15, 0.2) is 36.4 Å². The molecule has 1 spiro atoms. The van der Waals surface area contributed by atoms with Gasteiger partial charge < -0.3 is 11.1 Å². The number of aryl methyl sites for hydroxylation is 1. The minimum Gasteiger partial charge on any atom is -0.370 e. The summed E-state index contributed by atoms with van der Waals surface area (Å²) >= 11 is 0. The number of hydrogen-bond acceptors (Lipinski definition) is 5. The van der Waals surface area contributed by atoms with Crippen molar-refractivity contribution in [2.45, 2.75) is 44.8 Å². The van der Waals surface area contributed by atoms with E-state index in [1.54, 1.807) is 0 Å². The van der Waals surface area contributed by atoms with Gasteiger partial charge in [-0.3, -0.25) is 29.4 Å². The monoisotopic (exact) mass is 464 g/mol. The number of carbonyl (C=O) groups excluding carboxylic acids is 4. The number of anilines is 1. The Labute approximate surface area is 195 Å². The van der Waals surface area contributed by atoms with Crippen LogP contribution >= 0.6 is 0 Å². The number of primary amides is 1. The number of hydrogen-bond donors (Lipinski definition) is 3. The average Bonchev–Trinajstić information content (AvgIpc) is 3.37. The van der Waals surface area contributed by atoms with E-state index in [-0.39, 0.29) is 19.4 Å². The summed E-state index contributed by atoms with van der Waals surface area (Å²) in [7, 11) is 0. The maximum atomic E-state index is 13.7. The number of nitrogens with one attached hydrogen (secondary N) is 2. The molecule has 2 fully saturated rings. The first-order valence-corrected chi connectivity index (χ1v) is 11.2. The van der Waals surface area contributed by atoms with E-state index in [1.165, 1.54) is 24.3 Å². The molecule has 34 heavy (non-hydrogen) atoms. The predicted molar refractivity (Wildman–Crippen MR) is 121 cm³/mol. The summed E-state index contributed by atoms with van der Waals surface area (Å²) in [6.07, 6.45) is 0.229. The van der Waals surface area contributed by atoms with Crippen molar-refractivity contribution >= 4 is 29.3 Å². The number of halogens is 1. The van der Waals surface area contributed by atoms with Crippen molar-refractivity contribution in [1.82, 2.24) is 10.2 Å². The Morgan fingerprint density at radius 1 is 1.09 bits per heavy atom. The average molecular weight is 464 g/mol. The first-order valence-electron chi connectivity index (χ1n) is 11.2. The van der Waals surface area contributed by atoms with Gasteiger partial charge in [-0.2, -0.15) is 0 Å². The van der Waals surface area contributed by atoms with Crippen LogP contribution in [0.3, 0.4) is 0 Å². The van der Waals surface area contributed by atoms with E-state index in [9.17, 15) is 23.6 Å². The Morgan fingerprint density at radius 2 is 1.79 bits per heavy atom. The van der Waals surface area contributed by atoms with Crippen molar-refractivity contribution in [2.75, 3.05) is 5.32 Å². The zero-order chi connectivity index (χ0) is 24.4. The molecular formula is C25H25FN4O4. The number of amides is 4. The highest BCUT2D eigenvalue weighted by Crippen LogP contribution is 2.54. The smallest absolute Gasteiger partial charge is 0.250 e. The summed E-state index contributed by atoms with van der Waals surface area (Å²) in [4.78, 5) is 53.5. The van der Waals surface area contributed by atoms with E-state index in [1.807, 2.05) is 26.0 Å². The van der Waals surface area contributed by atoms with Gasteiger partial charge in [0.2, 0.25) is 23.6 Å². The Bertz CT molecular complexity index is 1240. The number of benzene rings is 2. The van der Waals surface area contributed by atoms with Gasteiger partial charge >= 0.3 is 0 Å². The van der Waals surface area contributed by atoms with Gasteiger partial charge in [0.05, 0.1) is 18.4 Å². The highest BCUT2D eigenvalue weighted by Gasteiger charge is 2.70. The first-order chi connectivity index (χ1) is 16.1. The zero-order valence-corrected chi connectivity index (χ0v) is 18.9. The standard InChI is InChI=1S/C25H25FN4O4/c1-12-3-8-16-21(13(12)2)28-24(34)25(16)20-19(17(29-25)9-10-18(27)31)22(32)30(23(20)33)11-14-4-6-15(26)7-5-14/h3-8,17,19-20,29H,9-11H2,1-2H3,(H2,27,31)(H,28,34)/t17-,19+,20-,25+/m0/s1. The molecule has 2 aromatic rings. The third kappa shape index (κ3) is 3.07. The van der Waals surface area contributed by atoms with E-state index in [2.05, 4.69) is 10.6 Å². The van der Waals surface area contributed by atoms with Gasteiger partial charge in [-0.25, -0.2) is 4.39 Å². The van der Waals surface area contributed by atoms with Gasteiger partial charge in [-0.1, -0.05) is 24.3 Å². The van der Waals surface area contributed by atoms with Crippen LogP contribution in [0.5, 0.6) is 0 Å². The van der Waals surface area contributed by atoms with E-state index in [0.29, 0.717) is 16.8 Å². The lowest BCUT2D eigenvalue weighted by Gasteiger charge is -2.29. The van der Waals surface area contributed by atoms with Gasteiger partial charge in [0.25, 0.3) is 0 Å². The molecule has 0 aliphatic carbocycles. The second kappa shape index (κ2) is 7.73. The molecule has 0 unspecified atom stereocenters. The third-order valence-electron chi connectivity index (χ3n) is 7.47. The van der Waals surface area contributed by atoms with Gasteiger partial charge in [0, 0.05) is 23.7 Å². The van der Waals surface area contributed by atoms with E-state index in [4.69, 9.17) is 5.73 Å². The number of likely N-dealkylation sites (tertiary alicyclic amines) is 1. The Morgan fingerprint density at radius 3 is 2.47 bits per heavy atom. The number of fused-ring (bicyclic) bond motifs is 4. The normalized spacial score (nSPS) is 27.3. The summed E-state index contributed by atoms with van der Waals surface area (Å²) < 4.78 is 13.3. The van der Waals surface area contributed by atoms with Crippen molar-refractivity contribution < 1.29 is 23.6 Å². The number of nitrogens with two attached hydrogens (primary N) is 1. The topological polar surface area (TPSA) is 122 Å². The second-order valence-corrected chi connectivity index (χ2v) is 9.34. The number of imide groups is 1. The maximum Gasteiger partial charge on any atom is 0.250 e. The molecule has 176 valence electrons. The summed E-state index contributed by atoms with van der Waals surface area (Å²) in [5.74, 6) is -4.01. The van der Waals surface area contributed by atoms with Crippen molar-refractivity contribution in [2.24, 2.45) is 17.6 Å². The van der Waals surface area contributed by atoms with Gasteiger partial charge in [0.1, 0.15) is 11.4 Å². The minimum atomic E-state index is -1.43. The van der Waals surface area contributed by atoms with Crippen LogP contribution < -0.4 is 16.4 Å². The maximum absolute atomic E-state index is 13.7. The van der Waals surface area contributed by atoms with Crippen molar-refractivity contribution in [3.63, 3.8) is 0 Å². The van der Waals surface area contributed by atoms with Crippen molar-refractivity contribution in [1.29, 1.82) is 0 Å². The molecule has 0 aromatic heterocycles. The second-order valence-electron chi connectivity index (χ2n) is 9.34. The fraction of sp³-hybridized carbons (Fsp3) is 0.360. The summed E-state index contributed by atoms with van der Waals surface area (Å²) in [5.41, 5.74) is 7.68. The van der Waals surface area contributed by atoms with E-state index < -0.39 is 52.9 Å². The Kier molecular flexibility index (Phi) is 5.05. The molecule has 9 heteroatoms. The molecule has 3 aliphatic heterocycles. The predicted octanol–water partition coefficient (Wildman–Crippen LogP) is 1.63. The molecule has 4 atom stereocenters. The van der Waals surface area contributed by atoms with Crippen LogP contribution in [0.1, 0.15) is 35.1 Å². The molecular weight excluding hydrogens is 439 g/mol. The minimum absolute atomic E-state index is 0.0117. The van der Waals surface area contributed by atoms with Crippen LogP contribution in [0.25, 0.3) is 0 Å². The molecule has 0 radical (unpaired) electrons. The first kappa shape index (κ1) is 22.2. The van der Waals surface area contributed by atoms with Crippen LogP contribution in [0, 0.1) is 31.5 Å². The molecule has 4 N–H and O–H groups in total. The molecule has 0 saturated carbocycles. The lowest BCUT2D eigenvalue weighted by Crippen LogP contribution is -2.53. The van der Waals surface area contributed by atoms with Crippen molar-refractivity contribution in [3.8, 4) is 0 Å². The van der Waals surface area contributed by atoms with Crippen LogP contribution in [-0.2, 0) is 31.3 Å². The lowest BCUT2D eigenvalue weighted by molar-refractivity contribution is -0.143. The zero-order valence-electron chi connectivity index (χ0n) is 18.9. The van der Waals surface area contributed by atoms with Gasteiger partial charge in [-0.05, 0) is 49.1 Å². The quantitative estimate of drug-likeness (QED) is 0.581. The number of nitrogens with zero attached hydrogens (tertiary/aromatic N) is 1. The number of carbonyl (C=O) groups is 4. The van der Waals surface area contributed by atoms with Crippen LogP contribution in [-0.4, -0.2) is 34.6 Å². The van der Waals surface area contributed by atoms with Crippen LogP contribution in [0.4, 0.5) is 10.1 Å². The molecule has 5 rings (SSSR count). The summed E-state index contributed by atoms with van der Waals surface area (Å²) in [6, 6.07) is 8.69. The molecule has 4 amide bonds. The molecule has 2 saturated heterocycles. The molecule has 0 bridgehead atoms. The highest BCUT2D eigenvalue weighted by molar-refractivity contribution is 6.15. The Balaban J connectivity index is 1.59. The number of rotatable bonds is 5. The fourth-order valence-corrected chi connectivity index (χ4v) is 5.65. The molecule has 3 aliphatic rings. The van der Waals surface area contributed by atoms with E-state index >= 15 is 0 Å². The summed E-state index contributed by atoms with van der Waals surface area (Å²) in [6.45, 7) is 3.81. The fourth-order valence-electron chi connectivity index (χ4n) is 5.65. The third-order valence-corrected chi connectivity index (χ3v) is 7.47. The lowest BCUT2D eigenvalue weighted by atomic mass is 9.76. The van der Waals surface area contributed by atoms with Gasteiger partial charge in [-0.15, -0.1) is 0 Å². The summed E-state index contributed by atoms with van der Waals surface area (Å²) in [5, 5.41) is 6.22. The van der Waals surface area contributed by atoms with E-state index in [0.717, 1.165) is 16.0 Å². The van der Waals surface area contributed by atoms with Gasteiger partial charge in [0.15, 0.2) is 0 Å². The molecule has 2 aromatic carbocycles. The molecule has 3 heterocycles. The van der Waals surface area contributed by atoms with Crippen LogP contribution in [0.2, 0.25) is 0 Å². The SMILES string of the molecule is Cc1ccc2c(c1C)NC(=O)[C@@]21N[C@@H](CCC(N)=O)[C@H]2C(=O)N(Cc3ccc(F)cc3)C(=O)[C@H]21. The largest absolute Gasteiger partial charge is 0.370 e.